The molecule has 2 fully saturated rings. The van der Waals surface area contributed by atoms with Crippen molar-refractivity contribution in [2.24, 2.45) is 0 Å². The third-order valence-corrected chi connectivity index (χ3v) is 6.71. The third-order valence-electron chi connectivity index (χ3n) is 4.67. The number of rotatable bonds is 3. The second kappa shape index (κ2) is 7.63. The Kier molecular flexibility index (Phi) is 5.50. The Labute approximate surface area is 148 Å². The van der Waals surface area contributed by atoms with Gasteiger partial charge in [0, 0.05) is 51.7 Å². The van der Waals surface area contributed by atoms with Crippen molar-refractivity contribution in [1.29, 1.82) is 0 Å². The highest BCUT2D eigenvalue weighted by atomic mass is 32.2. The molecule has 0 spiro atoms. The predicted molar refractivity (Wildman–Crippen MR) is 92.9 cm³/mol. The van der Waals surface area contributed by atoms with E-state index in [1.165, 1.54) is 16.7 Å². The molecule has 2 aliphatic rings. The molecule has 25 heavy (non-hydrogen) atoms. The Morgan fingerprint density at radius 1 is 0.880 bits per heavy atom. The number of piperazine rings is 1. The van der Waals surface area contributed by atoms with Gasteiger partial charge in [-0.3, -0.25) is 4.79 Å². The van der Waals surface area contributed by atoms with Crippen LogP contribution in [0.1, 0.15) is 36.2 Å². The van der Waals surface area contributed by atoms with Crippen LogP contribution in [0.15, 0.2) is 12.4 Å². The Morgan fingerprint density at radius 3 is 2.04 bits per heavy atom. The fourth-order valence-corrected chi connectivity index (χ4v) is 4.89. The largest absolute Gasteiger partial charge is 0.382 e. The van der Waals surface area contributed by atoms with E-state index in [0.29, 0.717) is 26.2 Å². The number of nitrogens with zero attached hydrogens (tertiary/aromatic N) is 5. The van der Waals surface area contributed by atoms with E-state index in [0.717, 1.165) is 25.7 Å². The second-order valence-corrected chi connectivity index (χ2v) is 8.23. The summed E-state index contributed by atoms with van der Waals surface area (Å²) < 4.78 is 28.7. The van der Waals surface area contributed by atoms with Gasteiger partial charge in [0.25, 0.3) is 16.1 Å². The molecular weight excluding hydrogens is 344 g/mol. The van der Waals surface area contributed by atoms with E-state index < -0.39 is 10.2 Å². The van der Waals surface area contributed by atoms with Gasteiger partial charge in [-0.05, 0) is 12.8 Å². The van der Waals surface area contributed by atoms with Gasteiger partial charge in [-0.2, -0.15) is 17.0 Å². The summed E-state index contributed by atoms with van der Waals surface area (Å²) in [5.74, 6) is -0.218. The first-order valence-corrected chi connectivity index (χ1v) is 10.0. The van der Waals surface area contributed by atoms with Crippen LogP contribution in [0.3, 0.4) is 0 Å². The van der Waals surface area contributed by atoms with Gasteiger partial charge in [0.2, 0.25) is 0 Å². The van der Waals surface area contributed by atoms with Gasteiger partial charge < -0.3 is 10.6 Å². The molecule has 3 heterocycles. The second-order valence-electron chi connectivity index (χ2n) is 6.30. The summed E-state index contributed by atoms with van der Waals surface area (Å²) >= 11 is 0. The van der Waals surface area contributed by atoms with Crippen LogP contribution in [0.5, 0.6) is 0 Å². The van der Waals surface area contributed by atoms with Crippen molar-refractivity contribution in [2.75, 3.05) is 45.0 Å². The van der Waals surface area contributed by atoms with Crippen LogP contribution < -0.4 is 5.73 Å². The predicted octanol–water partition coefficient (Wildman–Crippen LogP) is -0.0626. The molecule has 0 radical (unpaired) electrons. The van der Waals surface area contributed by atoms with Gasteiger partial charge in [0.1, 0.15) is 0 Å². The van der Waals surface area contributed by atoms with Gasteiger partial charge in [-0.25, -0.2) is 9.97 Å². The summed E-state index contributed by atoms with van der Waals surface area (Å²) in [5.41, 5.74) is 5.82. The Bertz CT molecular complexity index is 710. The lowest BCUT2D eigenvalue weighted by atomic mass is 10.2. The molecular formula is C15H24N6O3S. The smallest absolute Gasteiger partial charge is 0.282 e. The molecule has 138 valence electrons. The molecule has 2 N–H and O–H groups in total. The average Bonchev–Trinajstić information content (AvgIpc) is 2.92. The van der Waals surface area contributed by atoms with E-state index in [9.17, 15) is 13.2 Å². The molecule has 2 saturated heterocycles. The van der Waals surface area contributed by atoms with Crippen molar-refractivity contribution in [3.05, 3.63) is 18.1 Å². The maximum absolute atomic E-state index is 12.8. The molecule has 0 saturated carbocycles. The molecule has 0 unspecified atom stereocenters. The lowest BCUT2D eigenvalue weighted by Crippen LogP contribution is -2.54. The SMILES string of the molecule is Nc1nccnc1C(=O)N1CCN(S(=O)(=O)N2CCCCCC2)CC1. The number of carbonyl (C=O) groups excluding carboxylic acids is 1. The Morgan fingerprint density at radius 2 is 1.44 bits per heavy atom. The van der Waals surface area contributed by atoms with Gasteiger partial charge in [-0.1, -0.05) is 12.8 Å². The molecule has 0 aliphatic carbocycles. The molecule has 0 aromatic carbocycles. The summed E-state index contributed by atoms with van der Waals surface area (Å²) in [7, 11) is -3.45. The Balaban J connectivity index is 1.63. The monoisotopic (exact) mass is 368 g/mol. The van der Waals surface area contributed by atoms with Crippen LogP contribution in [0.2, 0.25) is 0 Å². The van der Waals surface area contributed by atoms with E-state index in [-0.39, 0.29) is 30.5 Å². The van der Waals surface area contributed by atoms with Gasteiger partial charge >= 0.3 is 0 Å². The van der Waals surface area contributed by atoms with Crippen LogP contribution in [-0.2, 0) is 10.2 Å². The van der Waals surface area contributed by atoms with E-state index in [1.54, 1.807) is 9.21 Å². The van der Waals surface area contributed by atoms with Crippen molar-refractivity contribution in [1.82, 2.24) is 23.5 Å². The number of aromatic nitrogens is 2. The van der Waals surface area contributed by atoms with Crippen LogP contribution in [0.4, 0.5) is 5.82 Å². The number of amides is 1. The zero-order valence-electron chi connectivity index (χ0n) is 14.2. The number of carbonyl (C=O) groups is 1. The lowest BCUT2D eigenvalue weighted by molar-refractivity contribution is 0.0689. The zero-order chi connectivity index (χ0) is 17.9. The fourth-order valence-electron chi connectivity index (χ4n) is 3.22. The number of hydrogen-bond donors (Lipinski definition) is 1. The van der Waals surface area contributed by atoms with E-state index >= 15 is 0 Å². The molecule has 0 atom stereocenters. The van der Waals surface area contributed by atoms with Crippen LogP contribution >= 0.6 is 0 Å². The van der Waals surface area contributed by atoms with Crippen molar-refractivity contribution in [3.63, 3.8) is 0 Å². The lowest BCUT2D eigenvalue weighted by Gasteiger charge is -2.36. The quantitative estimate of drug-likeness (QED) is 0.800. The van der Waals surface area contributed by atoms with Crippen LogP contribution in [-0.4, -0.2) is 77.1 Å². The van der Waals surface area contributed by atoms with Crippen molar-refractivity contribution >= 4 is 21.9 Å². The molecule has 1 aromatic rings. The van der Waals surface area contributed by atoms with Crippen LogP contribution in [0, 0.1) is 0 Å². The normalized spacial score (nSPS) is 21.0. The van der Waals surface area contributed by atoms with E-state index in [1.807, 2.05) is 0 Å². The highest BCUT2D eigenvalue weighted by molar-refractivity contribution is 7.86. The first-order valence-electron chi connectivity index (χ1n) is 8.61. The number of nitrogen functional groups attached to an aromatic ring is 1. The zero-order valence-corrected chi connectivity index (χ0v) is 15.0. The first-order chi connectivity index (χ1) is 12.0. The van der Waals surface area contributed by atoms with E-state index in [4.69, 9.17) is 5.73 Å². The molecule has 1 aromatic heterocycles. The van der Waals surface area contributed by atoms with Gasteiger partial charge in [-0.15, -0.1) is 0 Å². The minimum absolute atomic E-state index is 0.0899. The standard InChI is InChI=1S/C15H24N6O3S/c16-14-13(17-5-6-18-14)15(22)19-9-11-21(12-10-19)25(23,24)20-7-3-1-2-4-8-20/h5-6H,1-4,7-12H2,(H2,16,18). The summed E-state index contributed by atoms with van der Waals surface area (Å²) in [4.78, 5) is 21.9. The Hall–Kier alpha value is -1.78. The summed E-state index contributed by atoms with van der Waals surface area (Å²) in [6.07, 6.45) is 6.82. The maximum Gasteiger partial charge on any atom is 0.282 e. The molecule has 10 heteroatoms. The minimum atomic E-state index is -3.45. The van der Waals surface area contributed by atoms with Crippen molar-refractivity contribution in [3.8, 4) is 0 Å². The van der Waals surface area contributed by atoms with Crippen molar-refractivity contribution < 1.29 is 13.2 Å². The summed E-state index contributed by atoms with van der Waals surface area (Å²) in [6, 6.07) is 0. The van der Waals surface area contributed by atoms with Gasteiger partial charge in [0.15, 0.2) is 11.5 Å². The minimum Gasteiger partial charge on any atom is -0.382 e. The first kappa shape index (κ1) is 18.0. The van der Waals surface area contributed by atoms with Crippen molar-refractivity contribution in [2.45, 2.75) is 25.7 Å². The molecule has 0 bridgehead atoms. The van der Waals surface area contributed by atoms with Gasteiger partial charge in [0.05, 0.1) is 0 Å². The highest BCUT2D eigenvalue weighted by Gasteiger charge is 2.34. The molecule has 3 rings (SSSR count). The summed E-state index contributed by atoms with van der Waals surface area (Å²) in [6.45, 7) is 2.37. The topological polar surface area (TPSA) is 113 Å². The third kappa shape index (κ3) is 3.91. The molecule has 1 amide bonds. The number of hydrogen-bond acceptors (Lipinski definition) is 6. The average molecular weight is 368 g/mol. The molecule has 9 nitrogen and oxygen atoms in total. The number of anilines is 1. The maximum atomic E-state index is 12.8. The summed E-state index contributed by atoms with van der Waals surface area (Å²) in [5, 5.41) is 0. The fraction of sp³-hybridized carbons (Fsp3) is 0.667. The van der Waals surface area contributed by atoms with E-state index in [2.05, 4.69) is 9.97 Å². The molecule has 2 aliphatic heterocycles. The highest BCUT2D eigenvalue weighted by Crippen LogP contribution is 2.19. The van der Waals surface area contributed by atoms with Crippen LogP contribution in [0.25, 0.3) is 0 Å². The number of nitrogens with two attached hydrogens (primary N) is 1.